The Morgan fingerprint density at radius 2 is 1.61 bits per heavy atom. The number of nitrogens with zero attached hydrogens (tertiary/aromatic N) is 2. The van der Waals surface area contributed by atoms with Crippen molar-refractivity contribution in [1.82, 2.24) is 4.90 Å². The van der Waals surface area contributed by atoms with Crippen molar-refractivity contribution < 1.29 is 18.3 Å². The topological polar surface area (TPSA) is 70.1 Å². The molecule has 174 valence electrons. The van der Waals surface area contributed by atoms with Gasteiger partial charge in [-0.25, -0.2) is 8.42 Å². The minimum absolute atomic E-state index is 0.0387. The third-order valence-electron chi connectivity index (χ3n) is 5.18. The van der Waals surface area contributed by atoms with Crippen molar-refractivity contribution in [3.8, 4) is 5.75 Å². The Labute approximate surface area is 196 Å². The molecule has 0 heterocycles. The van der Waals surface area contributed by atoms with Crippen molar-refractivity contribution in [1.29, 1.82) is 0 Å². The predicted octanol–water partition coefficient (Wildman–Crippen LogP) is 4.03. The number of aliphatic hydroxyl groups is 1. The van der Waals surface area contributed by atoms with E-state index in [1.807, 2.05) is 55.6 Å². The highest BCUT2D eigenvalue weighted by Crippen LogP contribution is 2.28. The van der Waals surface area contributed by atoms with Gasteiger partial charge in [-0.05, 0) is 48.5 Å². The molecule has 0 saturated heterocycles. The van der Waals surface area contributed by atoms with E-state index in [2.05, 4.69) is 17.1 Å². The summed E-state index contributed by atoms with van der Waals surface area (Å²) < 4.78 is 33.3. The quantitative estimate of drug-likeness (QED) is 0.462. The molecule has 0 bridgehead atoms. The smallest absolute Gasteiger partial charge is 0.264 e. The lowest BCUT2D eigenvalue weighted by molar-refractivity contribution is 0.306. The lowest BCUT2D eigenvalue weighted by Crippen LogP contribution is -2.35. The number of rotatable bonds is 11. The largest absolute Gasteiger partial charge is 0.497 e. The Balaban J connectivity index is 1.82. The molecule has 0 fully saturated rings. The van der Waals surface area contributed by atoms with Crippen molar-refractivity contribution >= 4 is 21.8 Å². The third-order valence-corrected chi connectivity index (χ3v) is 7.01. The van der Waals surface area contributed by atoms with Crippen LogP contribution in [0.4, 0.5) is 5.69 Å². The number of sulfonamides is 1. The zero-order valence-electron chi connectivity index (χ0n) is 19.0. The van der Waals surface area contributed by atoms with Crippen LogP contribution in [-0.4, -0.2) is 52.3 Å². The van der Waals surface area contributed by atoms with E-state index in [0.717, 1.165) is 11.1 Å². The van der Waals surface area contributed by atoms with E-state index < -0.39 is 10.0 Å². The van der Waals surface area contributed by atoms with Crippen LogP contribution in [0.1, 0.15) is 11.1 Å². The third kappa shape index (κ3) is 6.44. The molecule has 0 aliphatic heterocycles. The van der Waals surface area contributed by atoms with Gasteiger partial charge in [-0.2, -0.15) is 0 Å². The fourth-order valence-corrected chi connectivity index (χ4v) is 5.01. The summed E-state index contributed by atoms with van der Waals surface area (Å²) in [6.07, 6.45) is 4.14. The summed E-state index contributed by atoms with van der Waals surface area (Å²) in [7, 11) is -0.350. The van der Waals surface area contributed by atoms with Crippen molar-refractivity contribution in [3.63, 3.8) is 0 Å². The van der Waals surface area contributed by atoms with Crippen LogP contribution in [0.5, 0.6) is 5.75 Å². The minimum Gasteiger partial charge on any atom is -0.497 e. The van der Waals surface area contributed by atoms with Gasteiger partial charge in [0.1, 0.15) is 5.75 Å². The Bertz CT molecular complexity index is 1150. The summed E-state index contributed by atoms with van der Waals surface area (Å²) in [5, 5.41) is 9.64. The second-order valence-electron chi connectivity index (χ2n) is 7.61. The molecular weight excluding hydrogens is 436 g/mol. The number of likely N-dealkylation sites (N-methyl/N-ethyl adjacent to an activating group) is 1. The Kier molecular flexibility index (Phi) is 8.65. The summed E-state index contributed by atoms with van der Waals surface area (Å²) in [4.78, 5) is 2.25. The molecule has 6 nitrogen and oxygen atoms in total. The van der Waals surface area contributed by atoms with Crippen molar-refractivity contribution in [2.45, 2.75) is 11.4 Å². The molecule has 7 heteroatoms. The maximum atomic E-state index is 13.4. The van der Waals surface area contributed by atoms with Crippen LogP contribution < -0.4 is 9.04 Å². The number of hydrogen-bond acceptors (Lipinski definition) is 5. The van der Waals surface area contributed by atoms with E-state index in [4.69, 9.17) is 4.74 Å². The predicted molar refractivity (Wildman–Crippen MR) is 133 cm³/mol. The number of aliphatic hydroxyl groups excluding tert-OH is 1. The monoisotopic (exact) mass is 466 g/mol. The van der Waals surface area contributed by atoms with Crippen molar-refractivity contribution in [2.75, 3.05) is 38.2 Å². The molecule has 3 aromatic rings. The standard InChI is InChI=1S/C26H30N2O4S/c1-27(18-8-11-22-9-4-3-5-10-22)21-23-12-6-7-13-26(23)28(19-20-29)33(30,31)25-16-14-24(32-2)15-17-25/h3-17,29H,18-21H2,1-2H3. The van der Waals surface area contributed by atoms with Crippen LogP contribution >= 0.6 is 0 Å². The van der Waals surface area contributed by atoms with E-state index in [9.17, 15) is 13.5 Å². The first-order valence-corrected chi connectivity index (χ1v) is 12.2. The molecule has 0 aromatic heterocycles. The number of methoxy groups -OCH3 is 1. The van der Waals surface area contributed by atoms with Gasteiger partial charge in [-0.1, -0.05) is 60.7 Å². The summed E-state index contributed by atoms with van der Waals surface area (Å²) >= 11 is 0. The average Bonchev–Trinajstić information content (AvgIpc) is 2.83. The zero-order valence-corrected chi connectivity index (χ0v) is 19.8. The average molecular weight is 467 g/mol. The van der Waals surface area contributed by atoms with Gasteiger partial charge in [0, 0.05) is 13.1 Å². The van der Waals surface area contributed by atoms with Gasteiger partial charge in [0.25, 0.3) is 10.0 Å². The van der Waals surface area contributed by atoms with E-state index in [1.54, 1.807) is 18.2 Å². The molecule has 0 spiro atoms. The SMILES string of the molecule is COc1ccc(S(=O)(=O)N(CCO)c2ccccc2CN(C)CC=Cc2ccccc2)cc1. The van der Waals surface area contributed by atoms with Gasteiger partial charge >= 0.3 is 0 Å². The second kappa shape index (κ2) is 11.7. The fraction of sp³-hybridized carbons (Fsp3) is 0.231. The highest BCUT2D eigenvalue weighted by molar-refractivity contribution is 7.92. The van der Waals surface area contributed by atoms with Gasteiger partial charge in [-0.15, -0.1) is 0 Å². The van der Waals surface area contributed by atoms with Gasteiger partial charge < -0.3 is 9.84 Å². The molecular formula is C26H30N2O4S. The molecule has 3 aromatic carbocycles. The number of hydrogen-bond donors (Lipinski definition) is 1. The van der Waals surface area contributed by atoms with Gasteiger partial charge in [0.15, 0.2) is 0 Å². The summed E-state index contributed by atoms with van der Waals surface area (Å²) in [5.41, 5.74) is 2.55. The highest BCUT2D eigenvalue weighted by atomic mass is 32.2. The van der Waals surface area contributed by atoms with E-state index in [-0.39, 0.29) is 18.0 Å². The van der Waals surface area contributed by atoms with Crippen molar-refractivity contribution in [2.24, 2.45) is 0 Å². The molecule has 3 rings (SSSR count). The Hall–Kier alpha value is -3.13. The molecule has 33 heavy (non-hydrogen) atoms. The molecule has 0 unspecified atom stereocenters. The number of anilines is 1. The first-order chi connectivity index (χ1) is 16.0. The Morgan fingerprint density at radius 1 is 0.939 bits per heavy atom. The lowest BCUT2D eigenvalue weighted by atomic mass is 10.1. The van der Waals surface area contributed by atoms with E-state index >= 15 is 0 Å². The first kappa shape index (κ1) is 24.5. The van der Waals surface area contributed by atoms with Gasteiger partial charge in [-0.3, -0.25) is 9.21 Å². The molecule has 0 aliphatic rings. The molecule has 0 amide bonds. The van der Waals surface area contributed by atoms with Crippen LogP contribution in [-0.2, 0) is 16.6 Å². The minimum atomic E-state index is -3.87. The summed E-state index contributed by atoms with van der Waals surface area (Å²) in [6, 6.07) is 23.7. The number of ether oxygens (including phenoxy) is 1. The molecule has 0 saturated carbocycles. The molecule has 0 aliphatic carbocycles. The maximum absolute atomic E-state index is 13.4. The van der Waals surface area contributed by atoms with E-state index in [0.29, 0.717) is 24.5 Å². The fourth-order valence-electron chi connectivity index (χ4n) is 3.51. The van der Waals surface area contributed by atoms with Crippen LogP contribution in [0.25, 0.3) is 6.08 Å². The van der Waals surface area contributed by atoms with Gasteiger partial charge in [0.2, 0.25) is 0 Å². The van der Waals surface area contributed by atoms with Crippen molar-refractivity contribution in [3.05, 3.63) is 96.1 Å². The van der Waals surface area contributed by atoms with E-state index in [1.165, 1.54) is 23.5 Å². The van der Waals surface area contributed by atoms with Crippen LogP contribution in [0.15, 0.2) is 89.8 Å². The summed E-state index contributed by atoms with van der Waals surface area (Å²) in [5.74, 6) is 0.577. The summed E-state index contributed by atoms with van der Waals surface area (Å²) in [6.45, 7) is 0.923. The number of para-hydroxylation sites is 1. The van der Waals surface area contributed by atoms with Crippen LogP contribution in [0, 0.1) is 0 Å². The van der Waals surface area contributed by atoms with Crippen LogP contribution in [0.2, 0.25) is 0 Å². The maximum Gasteiger partial charge on any atom is 0.264 e. The molecule has 1 N–H and O–H groups in total. The normalized spacial score (nSPS) is 11.8. The molecule has 0 radical (unpaired) electrons. The molecule has 0 atom stereocenters. The highest BCUT2D eigenvalue weighted by Gasteiger charge is 2.26. The zero-order chi connectivity index (χ0) is 23.7. The first-order valence-electron chi connectivity index (χ1n) is 10.7. The van der Waals surface area contributed by atoms with Gasteiger partial charge in [0.05, 0.1) is 30.8 Å². The lowest BCUT2D eigenvalue weighted by Gasteiger charge is -2.27. The van der Waals surface area contributed by atoms with Crippen LogP contribution in [0.3, 0.4) is 0 Å². The second-order valence-corrected chi connectivity index (χ2v) is 9.48. The Morgan fingerprint density at radius 3 is 2.27 bits per heavy atom. The number of benzene rings is 3.